The standard InChI is InChI=1S/C15H14N2O2/c1-2-5-14(18)15-8-11(9-19-15)17-10-16-12-6-3-4-7-13(12)17/h3-4,6-10H,2,5H2,1H3. The van der Waals surface area contributed by atoms with Gasteiger partial charge in [0.05, 0.1) is 16.7 Å². The zero-order chi connectivity index (χ0) is 13.2. The summed E-state index contributed by atoms with van der Waals surface area (Å²) in [7, 11) is 0. The predicted molar refractivity (Wildman–Crippen MR) is 72.6 cm³/mol. The second-order valence-electron chi connectivity index (χ2n) is 4.45. The Morgan fingerprint density at radius 2 is 2.21 bits per heavy atom. The van der Waals surface area contributed by atoms with E-state index >= 15 is 0 Å². The minimum atomic E-state index is 0.0400. The van der Waals surface area contributed by atoms with E-state index in [0.717, 1.165) is 23.1 Å². The van der Waals surface area contributed by atoms with E-state index in [1.807, 2.05) is 35.8 Å². The van der Waals surface area contributed by atoms with Crippen LogP contribution in [0.15, 0.2) is 47.3 Å². The van der Waals surface area contributed by atoms with E-state index in [4.69, 9.17) is 4.42 Å². The zero-order valence-electron chi connectivity index (χ0n) is 10.7. The van der Waals surface area contributed by atoms with Crippen molar-refractivity contribution in [2.75, 3.05) is 0 Å². The molecule has 0 N–H and O–H groups in total. The summed E-state index contributed by atoms with van der Waals surface area (Å²) >= 11 is 0. The number of para-hydroxylation sites is 2. The molecule has 0 atom stereocenters. The fourth-order valence-corrected chi connectivity index (χ4v) is 2.11. The minimum Gasteiger partial charge on any atom is -0.459 e. The summed E-state index contributed by atoms with van der Waals surface area (Å²) in [6.07, 6.45) is 4.67. The van der Waals surface area contributed by atoms with Crippen molar-refractivity contribution in [2.45, 2.75) is 19.8 Å². The molecule has 0 saturated heterocycles. The molecule has 1 aromatic carbocycles. The number of nitrogens with zero attached hydrogens (tertiary/aromatic N) is 2. The van der Waals surface area contributed by atoms with Crippen molar-refractivity contribution < 1.29 is 9.21 Å². The lowest BCUT2D eigenvalue weighted by Gasteiger charge is -1.98. The highest BCUT2D eigenvalue weighted by Crippen LogP contribution is 2.20. The Hall–Kier alpha value is -2.36. The van der Waals surface area contributed by atoms with E-state index < -0.39 is 0 Å². The Morgan fingerprint density at radius 1 is 1.37 bits per heavy atom. The lowest BCUT2D eigenvalue weighted by Crippen LogP contribution is -1.95. The van der Waals surface area contributed by atoms with Crippen LogP contribution < -0.4 is 0 Å². The summed E-state index contributed by atoms with van der Waals surface area (Å²) in [5, 5.41) is 0. The third-order valence-corrected chi connectivity index (χ3v) is 3.07. The lowest BCUT2D eigenvalue weighted by atomic mass is 10.2. The summed E-state index contributed by atoms with van der Waals surface area (Å²) in [5.74, 6) is 0.452. The molecule has 3 aromatic rings. The predicted octanol–water partition coefficient (Wildman–Crippen LogP) is 3.60. The number of carbonyl (C=O) groups excluding carboxylic acids is 1. The highest BCUT2D eigenvalue weighted by Gasteiger charge is 2.12. The van der Waals surface area contributed by atoms with Gasteiger partial charge in [-0.25, -0.2) is 4.98 Å². The number of Topliss-reactive ketones (excluding diaryl/α,β-unsaturated/α-hetero) is 1. The van der Waals surface area contributed by atoms with Gasteiger partial charge in [0.2, 0.25) is 0 Å². The maximum atomic E-state index is 11.8. The average molecular weight is 254 g/mol. The molecule has 0 spiro atoms. The number of benzene rings is 1. The average Bonchev–Trinajstić information content (AvgIpc) is 3.05. The van der Waals surface area contributed by atoms with Gasteiger partial charge in [-0.1, -0.05) is 19.1 Å². The number of fused-ring (bicyclic) bond motifs is 1. The van der Waals surface area contributed by atoms with Crippen LogP contribution in [0.2, 0.25) is 0 Å². The van der Waals surface area contributed by atoms with Crippen LogP contribution in [0.5, 0.6) is 0 Å². The van der Waals surface area contributed by atoms with Crippen molar-refractivity contribution in [3.63, 3.8) is 0 Å². The molecule has 96 valence electrons. The number of imidazole rings is 1. The molecule has 2 heterocycles. The summed E-state index contributed by atoms with van der Waals surface area (Å²) in [4.78, 5) is 16.1. The van der Waals surface area contributed by atoms with Crippen molar-refractivity contribution >= 4 is 16.8 Å². The molecule has 4 nitrogen and oxygen atoms in total. The number of carbonyl (C=O) groups is 1. The van der Waals surface area contributed by atoms with Crippen LogP contribution in [0.25, 0.3) is 16.7 Å². The van der Waals surface area contributed by atoms with Gasteiger partial charge < -0.3 is 4.42 Å². The first kappa shape index (κ1) is 11.7. The van der Waals surface area contributed by atoms with E-state index in [0.29, 0.717) is 12.2 Å². The molecular formula is C15H14N2O2. The van der Waals surface area contributed by atoms with Gasteiger partial charge in [-0.15, -0.1) is 0 Å². The molecule has 0 aliphatic heterocycles. The second kappa shape index (κ2) is 4.72. The summed E-state index contributed by atoms with van der Waals surface area (Å²) in [6, 6.07) is 9.62. The van der Waals surface area contributed by atoms with E-state index in [2.05, 4.69) is 4.98 Å². The molecule has 0 fully saturated rings. The minimum absolute atomic E-state index is 0.0400. The van der Waals surface area contributed by atoms with Gasteiger partial charge in [-0.3, -0.25) is 9.36 Å². The Kier molecular flexibility index (Phi) is 2.91. The fraction of sp³-hybridized carbons (Fsp3) is 0.200. The molecule has 0 unspecified atom stereocenters. The highest BCUT2D eigenvalue weighted by molar-refractivity contribution is 5.94. The first-order chi connectivity index (χ1) is 9.29. The molecule has 0 radical (unpaired) electrons. The van der Waals surface area contributed by atoms with Crippen molar-refractivity contribution in [1.82, 2.24) is 9.55 Å². The zero-order valence-corrected chi connectivity index (χ0v) is 10.7. The van der Waals surface area contributed by atoms with E-state index in [1.54, 1.807) is 18.7 Å². The molecule has 0 aliphatic rings. The van der Waals surface area contributed by atoms with Crippen molar-refractivity contribution in [1.29, 1.82) is 0 Å². The maximum Gasteiger partial charge on any atom is 0.198 e. The number of hydrogen-bond acceptors (Lipinski definition) is 3. The van der Waals surface area contributed by atoms with Gasteiger partial charge in [0.15, 0.2) is 11.5 Å². The Labute approximate surface area is 110 Å². The molecule has 0 amide bonds. The van der Waals surface area contributed by atoms with E-state index in [9.17, 15) is 4.79 Å². The van der Waals surface area contributed by atoms with Gasteiger partial charge >= 0.3 is 0 Å². The molecule has 2 aromatic heterocycles. The van der Waals surface area contributed by atoms with Crippen molar-refractivity contribution in [2.24, 2.45) is 0 Å². The van der Waals surface area contributed by atoms with Gasteiger partial charge in [0.25, 0.3) is 0 Å². The Bertz CT molecular complexity index is 724. The van der Waals surface area contributed by atoms with Crippen LogP contribution in [-0.4, -0.2) is 15.3 Å². The van der Waals surface area contributed by atoms with Crippen LogP contribution in [-0.2, 0) is 0 Å². The van der Waals surface area contributed by atoms with Gasteiger partial charge in [0, 0.05) is 12.5 Å². The van der Waals surface area contributed by atoms with Crippen LogP contribution in [0.1, 0.15) is 30.3 Å². The third-order valence-electron chi connectivity index (χ3n) is 3.07. The largest absolute Gasteiger partial charge is 0.459 e. The topological polar surface area (TPSA) is 48.0 Å². The number of ketones is 1. The molecule has 4 heteroatoms. The van der Waals surface area contributed by atoms with Crippen molar-refractivity contribution in [3.8, 4) is 5.69 Å². The van der Waals surface area contributed by atoms with Crippen LogP contribution >= 0.6 is 0 Å². The Balaban J connectivity index is 2.01. The lowest BCUT2D eigenvalue weighted by molar-refractivity contribution is 0.0955. The second-order valence-corrected chi connectivity index (χ2v) is 4.45. The normalized spacial score (nSPS) is 11.0. The quantitative estimate of drug-likeness (QED) is 0.668. The first-order valence-electron chi connectivity index (χ1n) is 6.34. The number of furan rings is 1. The van der Waals surface area contributed by atoms with E-state index in [1.165, 1.54) is 0 Å². The first-order valence-corrected chi connectivity index (χ1v) is 6.34. The Morgan fingerprint density at radius 3 is 3.05 bits per heavy atom. The van der Waals surface area contributed by atoms with Crippen LogP contribution in [0, 0.1) is 0 Å². The number of aromatic nitrogens is 2. The molecule has 0 bridgehead atoms. The fourth-order valence-electron chi connectivity index (χ4n) is 2.11. The van der Waals surface area contributed by atoms with Gasteiger partial charge in [0.1, 0.15) is 12.6 Å². The van der Waals surface area contributed by atoms with Crippen molar-refractivity contribution in [3.05, 3.63) is 48.7 Å². The summed E-state index contributed by atoms with van der Waals surface area (Å²) < 4.78 is 7.27. The summed E-state index contributed by atoms with van der Waals surface area (Å²) in [6.45, 7) is 1.98. The monoisotopic (exact) mass is 254 g/mol. The van der Waals surface area contributed by atoms with Gasteiger partial charge in [-0.2, -0.15) is 0 Å². The summed E-state index contributed by atoms with van der Waals surface area (Å²) in [5.41, 5.74) is 2.75. The maximum absolute atomic E-state index is 11.8. The molecule has 0 saturated carbocycles. The smallest absolute Gasteiger partial charge is 0.198 e. The van der Waals surface area contributed by atoms with Gasteiger partial charge in [-0.05, 0) is 18.6 Å². The third kappa shape index (κ3) is 2.05. The number of hydrogen-bond donors (Lipinski definition) is 0. The molecule has 19 heavy (non-hydrogen) atoms. The number of rotatable bonds is 4. The van der Waals surface area contributed by atoms with E-state index in [-0.39, 0.29) is 5.78 Å². The highest BCUT2D eigenvalue weighted by atomic mass is 16.3. The molecular weight excluding hydrogens is 240 g/mol. The van der Waals surface area contributed by atoms with Crippen LogP contribution in [0.3, 0.4) is 0 Å². The SMILES string of the molecule is CCCC(=O)c1cc(-n2cnc3ccccc32)co1. The molecule has 3 rings (SSSR count). The molecule has 0 aliphatic carbocycles. The van der Waals surface area contributed by atoms with Crippen LogP contribution in [0.4, 0.5) is 0 Å².